The molecule has 3 aromatic rings. The van der Waals surface area contributed by atoms with Crippen molar-refractivity contribution >= 4 is 33.2 Å². The quantitative estimate of drug-likeness (QED) is 0.564. The van der Waals surface area contributed by atoms with Crippen molar-refractivity contribution in [3.8, 4) is 0 Å². The van der Waals surface area contributed by atoms with Gasteiger partial charge in [-0.3, -0.25) is 9.69 Å². The Morgan fingerprint density at radius 3 is 2.39 bits per heavy atom. The summed E-state index contributed by atoms with van der Waals surface area (Å²) in [5.74, 6) is -1.26. The summed E-state index contributed by atoms with van der Waals surface area (Å²) in [6.07, 6.45) is 0. The van der Waals surface area contributed by atoms with Crippen LogP contribution in [0.15, 0.2) is 77.7 Å². The number of carbonyl (C=O) groups is 1. The van der Waals surface area contributed by atoms with Gasteiger partial charge in [-0.1, -0.05) is 48.0 Å². The van der Waals surface area contributed by atoms with Crippen LogP contribution in [0.4, 0.5) is 10.1 Å². The van der Waals surface area contributed by atoms with Crippen LogP contribution in [0.25, 0.3) is 0 Å². The first-order chi connectivity index (χ1) is 15.8. The molecule has 1 fully saturated rings. The van der Waals surface area contributed by atoms with Crippen LogP contribution in [-0.4, -0.2) is 49.7 Å². The predicted octanol–water partition coefficient (Wildman–Crippen LogP) is 4.24. The summed E-state index contributed by atoms with van der Waals surface area (Å²) in [7, 11) is -3.77. The largest absolute Gasteiger partial charge is 0.319 e. The minimum absolute atomic E-state index is 0.0261. The monoisotopic (exact) mass is 487 g/mol. The highest BCUT2D eigenvalue weighted by atomic mass is 35.5. The van der Waals surface area contributed by atoms with E-state index in [1.165, 1.54) is 46.3 Å². The lowest BCUT2D eigenvalue weighted by atomic mass is 10.2. The molecule has 1 aliphatic rings. The number of anilines is 1. The van der Waals surface area contributed by atoms with E-state index in [2.05, 4.69) is 22.3 Å². The van der Waals surface area contributed by atoms with Gasteiger partial charge in [-0.2, -0.15) is 4.31 Å². The van der Waals surface area contributed by atoms with Gasteiger partial charge < -0.3 is 5.32 Å². The Hall–Kier alpha value is -2.78. The molecule has 0 saturated carbocycles. The first-order valence-electron chi connectivity index (χ1n) is 10.5. The van der Waals surface area contributed by atoms with Crippen molar-refractivity contribution in [2.75, 3.05) is 31.5 Å². The van der Waals surface area contributed by atoms with E-state index in [-0.39, 0.29) is 21.2 Å². The van der Waals surface area contributed by atoms with Gasteiger partial charge in [-0.05, 0) is 42.0 Å². The Balaban J connectivity index is 1.44. The van der Waals surface area contributed by atoms with Crippen molar-refractivity contribution in [3.05, 3.63) is 94.8 Å². The zero-order chi connectivity index (χ0) is 23.4. The summed E-state index contributed by atoms with van der Waals surface area (Å²) in [5, 5.41) is 2.71. The smallest absolute Gasteiger partial charge is 0.255 e. The molecule has 3 aromatic carbocycles. The van der Waals surface area contributed by atoms with E-state index in [1.807, 2.05) is 18.2 Å². The second kappa shape index (κ2) is 10.0. The van der Waals surface area contributed by atoms with Crippen LogP contribution in [0.1, 0.15) is 15.9 Å². The molecule has 1 N–H and O–H groups in total. The zero-order valence-corrected chi connectivity index (χ0v) is 19.3. The number of nitrogens with zero attached hydrogens (tertiary/aromatic N) is 2. The second-order valence-corrected chi connectivity index (χ2v) is 10.1. The number of sulfonamides is 1. The molecule has 9 heteroatoms. The molecule has 1 heterocycles. The van der Waals surface area contributed by atoms with Gasteiger partial charge in [0, 0.05) is 43.3 Å². The standard InChI is InChI=1S/C24H23ClFN3O3S/c25-20-9-10-22(26)23(16-20)27-24(30)19-7-4-8-21(15-19)33(31,32)29-13-11-28(12-14-29)17-18-5-2-1-3-6-18/h1-10,15-16H,11-14,17H2,(H,27,30). The summed E-state index contributed by atoms with van der Waals surface area (Å²) >= 11 is 5.87. The molecule has 6 nitrogen and oxygen atoms in total. The Labute approximate surface area is 197 Å². The summed E-state index contributed by atoms with van der Waals surface area (Å²) in [6.45, 7) is 2.72. The maximum atomic E-state index is 13.9. The fourth-order valence-electron chi connectivity index (χ4n) is 3.70. The molecule has 172 valence electrons. The van der Waals surface area contributed by atoms with Gasteiger partial charge in [0.1, 0.15) is 5.82 Å². The molecule has 1 saturated heterocycles. The van der Waals surface area contributed by atoms with Gasteiger partial charge in [0.05, 0.1) is 10.6 Å². The predicted molar refractivity (Wildman–Crippen MR) is 126 cm³/mol. The molecule has 0 radical (unpaired) electrons. The summed E-state index contributed by atoms with van der Waals surface area (Å²) in [4.78, 5) is 14.9. The fraction of sp³-hybridized carbons (Fsp3) is 0.208. The van der Waals surface area contributed by atoms with Crippen molar-refractivity contribution in [2.24, 2.45) is 0 Å². The highest BCUT2D eigenvalue weighted by molar-refractivity contribution is 7.89. The van der Waals surface area contributed by atoms with E-state index < -0.39 is 21.7 Å². The van der Waals surface area contributed by atoms with Gasteiger partial charge >= 0.3 is 0 Å². The number of carbonyl (C=O) groups excluding carboxylic acids is 1. The van der Waals surface area contributed by atoms with E-state index >= 15 is 0 Å². The van der Waals surface area contributed by atoms with Crippen LogP contribution in [0.2, 0.25) is 5.02 Å². The minimum Gasteiger partial charge on any atom is -0.319 e. The Morgan fingerprint density at radius 2 is 1.67 bits per heavy atom. The minimum atomic E-state index is -3.77. The maximum Gasteiger partial charge on any atom is 0.255 e. The molecule has 4 rings (SSSR count). The number of hydrogen-bond acceptors (Lipinski definition) is 4. The van der Waals surface area contributed by atoms with E-state index in [4.69, 9.17) is 11.6 Å². The summed E-state index contributed by atoms with van der Waals surface area (Å²) < 4.78 is 41.7. The van der Waals surface area contributed by atoms with Crippen molar-refractivity contribution in [1.29, 1.82) is 0 Å². The van der Waals surface area contributed by atoms with E-state index in [0.717, 1.165) is 12.6 Å². The molecule has 33 heavy (non-hydrogen) atoms. The number of amides is 1. The molecule has 0 unspecified atom stereocenters. The van der Waals surface area contributed by atoms with Crippen molar-refractivity contribution < 1.29 is 17.6 Å². The van der Waals surface area contributed by atoms with Crippen LogP contribution >= 0.6 is 11.6 Å². The third kappa shape index (κ3) is 5.59. The van der Waals surface area contributed by atoms with Gasteiger partial charge in [-0.25, -0.2) is 12.8 Å². The molecule has 0 atom stereocenters. The lowest BCUT2D eigenvalue weighted by molar-refractivity contribution is 0.102. The first kappa shape index (κ1) is 23.4. The van der Waals surface area contributed by atoms with Crippen molar-refractivity contribution in [2.45, 2.75) is 11.4 Å². The van der Waals surface area contributed by atoms with E-state index in [0.29, 0.717) is 26.2 Å². The molecule has 0 bridgehead atoms. The second-order valence-electron chi connectivity index (χ2n) is 7.77. The Kier molecular flexibility index (Phi) is 7.09. The number of benzene rings is 3. The zero-order valence-electron chi connectivity index (χ0n) is 17.7. The maximum absolute atomic E-state index is 13.9. The third-order valence-corrected chi connectivity index (χ3v) is 7.62. The lowest BCUT2D eigenvalue weighted by Crippen LogP contribution is -2.48. The van der Waals surface area contributed by atoms with E-state index in [1.54, 1.807) is 0 Å². The highest BCUT2D eigenvalue weighted by Gasteiger charge is 2.29. The Morgan fingerprint density at radius 1 is 0.939 bits per heavy atom. The van der Waals surface area contributed by atoms with Crippen LogP contribution in [0, 0.1) is 5.82 Å². The molecular weight excluding hydrogens is 465 g/mol. The van der Waals surface area contributed by atoms with Gasteiger partial charge in [-0.15, -0.1) is 0 Å². The van der Waals surface area contributed by atoms with Gasteiger partial charge in [0.25, 0.3) is 5.91 Å². The van der Waals surface area contributed by atoms with Crippen molar-refractivity contribution in [1.82, 2.24) is 9.21 Å². The third-order valence-electron chi connectivity index (χ3n) is 5.49. The molecule has 1 amide bonds. The molecule has 0 aliphatic carbocycles. The number of rotatable bonds is 6. The van der Waals surface area contributed by atoms with Gasteiger partial charge in [0.15, 0.2) is 0 Å². The van der Waals surface area contributed by atoms with Gasteiger partial charge in [0.2, 0.25) is 10.0 Å². The Bertz CT molecular complexity index is 1250. The molecule has 1 aliphatic heterocycles. The van der Waals surface area contributed by atoms with Crippen LogP contribution in [0.5, 0.6) is 0 Å². The van der Waals surface area contributed by atoms with E-state index in [9.17, 15) is 17.6 Å². The number of piperazine rings is 1. The summed E-state index contributed by atoms with van der Waals surface area (Å²) in [5.41, 5.74) is 1.22. The SMILES string of the molecule is O=C(Nc1cc(Cl)ccc1F)c1cccc(S(=O)(=O)N2CCN(Cc3ccccc3)CC2)c1. The van der Waals surface area contributed by atoms with Crippen LogP contribution < -0.4 is 5.32 Å². The molecular formula is C24H23ClFN3O3S. The first-order valence-corrected chi connectivity index (χ1v) is 12.3. The average molecular weight is 488 g/mol. The van der Waals surface area contributed by atoms with Crippen LogP contribution in [-0.2, 0) is 16.6 Å². The van der Waals surface area contributed by atoms with Crippen LogP contribution in [0.3, 0.4) is 0 Å². The lowest BCUT2D eigenvalue weighted by Gasteiger charge is -2.34. The molecule has 0 spiro atoms. The highest BCUT2D eigenvalue weighted by Crippen LogP contribution is 2.23. The number of halogens is 2. The average Bonchev–Trinajstić information content (AvgIpc) is 2.82. The normalized spacial score (nSPS) is 15.3. The fourth-order valence-corrected chi connectivity index (χ4v) is 5.34. The number of nitrogens with one attached hydrogen (secondary N) is 1. The van der Waals surface area contributed by atoms with Crippen molar-refractivity contribution in [3.63, 3.8) is 0 Å². The number of hydrogen-bond donors (Lipinski definition) is 1. The molecule has 0 aromatic heterocycles. The summed E-state index contributed by atoms with van der Waals surface area (Å²) in [6, 6.07) is 19.6. The topological polar surface area (TPSA) is 69.7 Å².